The Balaban J connectivity index is 1.44. The molecule has 4 heteroatoms. The number of carbonyl (C=O) groups excluding carboxylic acids is 2. The minimum atomic E-state index is 0.0401. The number of hydrogen-bond acceptors (Lipinski definition) is 2. The summed E-state index contributed by atoms with van der Waals surface area (Å²) in [7, 11) is 0. The topological polar surface area (TPSA) is 40.6 Å². The van der Waals surface area contributed by atoms with E-state index >= 15 is 0 Å². The second-order valence-electron chi connectivity index (χ2n) is 7.53. The van der Waals surface area contributed by atoms with Gasteiger partial charge in [-0.25, -0.2) is 0 Å². The van der Waals surface area contributed by atoms with Gasteiger partial charge in [0.15, 0.2) is 0 Å². The molecule has 0 bridgehead atoms. The van der Waals surface area contributed by atoms with E-state index in [2.05, 4.69) is 18.2 Å². The molecule has 0 N–H and O–H groups in total. The third-order valence-electron chi connectivity index (χ3n) is 5.69. The van der Waals surface area contributed by atoms with Gasteiger partial charge in [-0.2, -0.15) is 0 Å². The number of rotatable bonds is 2. The van der Waals surface area contributed by atoms with E-state index in [-0.39, 0.29) is 11.8 Å². The Morgan fingerprint density at radius 3 is 1.81 bits per heavy atom. The van der Waals surface area contributed by atoms with Gasteiger partial charge < -0.3 is 9.80 Å². The molecule has 2 aliphatic rings. The van der Waals surface area contributed by atoms with Crippen LogP contribution in [0.15, 0.2) is 48.5 Å². The Labute approximate surface area is 160 Å². The fourth-order valence-corrected chi connectivity index (χ4v) is 4.06. The van der Waals surface area contributed by atoms with Gasteiger partial charge in [0.25, 0.3) is 11.8 Å². The third-order valence-corrected chi connectivity index (χ3v) is 5.69. The van der Waals surface area contributed by atoms with E-state index in [1.165, 1.54) is 24.0 Å². The molecule has 0 atom stereocenters. The van der Waals surface area contributed by atoms with Gasteiger partial charge >= 0.3 is 0 Å². The summed E-state index contributed by atoms with van der Waals surface area (Å²) >= 11 is 0. The Morgan fingerprint density at radius 1 is 0.630 bits per heavy atom. The normalized spacial score (nSPS) is 17.2. The lowest BCUT2D eigenvalue weighted by atomic mass is 9.99. The molecule has 2 heterocycles. The third kappa shape index (κ3) is 3.90. The minimum Gasteiger partial charge on any atom is -0.339 e. The molecule has 2 aromatic rings. The second-order valence-corrected chi connectivity index (χ2v) is 7.53. The second kappa shape index (κ2) is 7.95. The lowest BCUT2D eigenvalue weighted by Crippen LogP contribution is -2.36. The van der Waals surface area contributed by atoms with E-state index in [0.717, 1.165) is 38.9 Å². The monoisotopic (exact) mass is 362 g/mol. The number of amides is 2. The largest absolute Gasteiger partial charge is 0.339 e. The molecule has 4 nitrogen and oxygen atoms in total. The molecule has 2 aromatic carbocycles. The Morgan fingerprint density at radius 2 is 1.19 bits per heavy atom. The summed E-state index contributed by atoms with van der Waals surface area (Å²) in [6.45, 7) is 3.08. The van der Waals surface area contributed by atoms with Gasteiger partial charge in [-0.1, -0.05) is 37.1 Å². The summed E-state index contributed by atoms with van der Waals surface area (Å²) in [5.74, 6) is 0.126. The molecule has 0 spiro atoms. The van der Waals surface area contributed by atoms with Crippen molar-refractivity contribution in [2.75, 3.05) is 19.6 Å². The maximum Gasteiger partial charge on any atom is 0.254 e. The summed E-state index contributed by atoms with van der Waals surface area (Å²) < 4.78 is 0. The van der Waals surface area contributed by atoms with Crippen LogP contribution in [0.25, 0.3) is 0 Å². The van der Waals surface area contributed by atoms with Crippen molar-refractivity contribution >= 4 is 11.8 Å². The maximum atomic E-state index is 12.9. The van der Waals surface area contributed by atoms with Gasteiger partial charge in [0.1, 0.15) is 0 Å². The zero-order chi connectivity index (χ0) is 18.6. The van der Waals surface area contributed by atoms with E-state index in [9.17, 15) is 9.59 Å². The highest BCUT2D eigenvalue weighted by atomic mass is 16.2. The van der Waals surface area contributed by atoms with Crippen molar-refractivity contribution in [3.05, 3.63) is 70.8 Å². The minimum absolute atomic E-state index is 0.0401. The zero-order valence-corrected chi connectivity index (χ0v) is 15.7. The van der Waals surface area contributed by atoms with Crippen LogP contribution in [0.1, 0.15) is 57.5 Å². The van der Waals surface area contributed by atoms with Crippen LogP contribution in [-0.2, 0) is 13.0 Å². The van der Waals surface area contributed by atoms with E-state index in [4.69, 9.17) is 0 Å². The van der Waals surface area contributed by atoms with Gasteiger partial charge in [0, 0.05) is 37.3 Å². The highest BCUT2D eigenvalue weighted by molar-refractivity contribution is 5.98. The predicted molar refractivity (Wildman–Crippen MR) is 106 cm³/mol. The highest BCUT2D eigenvalue weighted by Crippen LogP contribution is 2.21. The SMILES string of the molecule is O=C(c1ccc(C(=O)N2CCc3ccccc3C2)cc1)N1CCCCCC1. The molecule has 4 rings (SSSR count). The standard InChI is InChI=1S/C23H26N2O2/c26-22(24-14-5-1-2-6-15-24)19-9-11-20(12-10-19)23(27)25-16-13-18-7-3-4-8-21(18)17-25/h3-4,7-12H,1-2,5-6,13-17H2. The van der Waals surface area contributed by atoms with Gasteiger partial charge in [0.05, 0.1) is 0 Å². The molecule has 2 amide bonds. The summed E-state index contributed by atoms with van der Waals surface area (Å²) in [5.41, 5.74) is 3.89. The molecule has 0 saturated carbocycles. The van der Waals surface area contributed by atoms with Gasteiger partial charge in [0.2, 0.25) is 0 Å². The Kier molecular flexibility index (Phi) is 5.23. The molecular formula is C23H26N2O2. The lowest BCUT2D eigenvalue weighted by Gasteiger charge is -2.29. The molecule has 0 unspecified atom stereocenters. The number of benzene rings is 2. The van der Waals surface area contributed by atoms with Crippen LogP contribution in [0.3, 0.4) is 0 Å². The Bertz CT molecular complexity index is 821. The first-order valence-electron chi connectivity index (χ1n) is 9.98. The van der Waals surface area contributed by atoms with Crippen molar-refractivity contribution in [2.24, 2.45) is 0 Å². The fraction of sp³-hybridized carbons (Fsp3) is 0.391. The average Bonchev–Trinajstić information content (AvgIpc) is 3.02. The molecule has 0 radical (unpaired) electrons. The molecule has 0 aliphatic carbocycles. The van der Waals surface area contributed by atoms with Crippen molar-refractivity contribution in [3.8, 4) is 0 Å². The van der Waals surface area contributed by atoms with E-state index < -0.39 is 0 Å². The maximum absolute atomic E-state index is 12.9. The molecule has 0 aromatic heterocycles. The summed E-state index contributed by atoms with van der Waals surface area (Å²) in [5, 5.41) is 0. The van der Waals surface area contributed by atoms with Crippen molar-refractivity contribution < 1.29 is 9.59 Å². The van der Waals surface area contributed by atoms with Gasteiger partial charge in [-0.15, -0.1) is 0 Å². The molecule has 2 aliphatic heterocycles. The lowest BCUT2D eigenvalue weighted by molar-refractivity contribution is 0.0730. The van der Waals surface area contributed by atoms with Crippen molar-refractivity contribution in [1.82, 2.24) is 9.80 Å². The molecular weight excluding hydrogens is 336 g/mol. The number of hydrogen-bond donors (Lipinski definition) is 0. The van der Waals surface area contributed by atoms with Crippen LogP contribution >= 0.6 is 0 Å². The molecule has 1 saturated heterocycles. The summed E-state index contributed by atoms with van der Waals surface area (Å²) in [4.78, 5) is 29.4. The Hall–Kier alpha value is -2.62. The van der Waals surface area contributed by atoms with Gasteiger partial charge in [-0.3, -0.25) is 9.59 Å². The molecule has 27 heavy (non-hydrogen) atoms. The number of carbonyl (C=O) groups is 2. The summed E-state index contributed by atoms with van der Waals surface area (Å²) in [6.07, 6.45) is 5.47. The number of fused-ring (bicyclic) bond motifs is 1. The fourth-order valence-electron chi connectivity index (χ4n) is 4.06. The van der Waals surface area contributed by atoms with Crippen molar-refractivity contribution in [2.45, 2.75) is 38.6 Å². The smallest absolute Gasteiger partial charge is 0.254 e. The quantitative estimate of drug-likeness (QED) is 0.813. The van der Waals surface area contributed by atoms with Gasteiger partial charge in [-0.05, 0) is 54.7 Å². The van der Waals surface area contributed by atoms with E-state index in [0.29, 0.717) is 17.7 Å². The van der Waals surface area contributed by atoms with Crippen molar-refractivity contribution in [3.63, 3.8) is 0 Å². The summed E-state index contributed by atoms with van der Waals surface area (Å²) in [6, 6.07) is 15.5. The van der Waals surface area contributed by atoms with Crippen LogP contribution < -0.4 is 0 Å². The first-order chi connectivity index (χ1) is 13.2. The highest BCUT2D eigenvalue weighted by Gasteiger charge is 2.22. The van der Waals surface area contributed by atoms with Crippen LogP contribution in [-0.4, -0.2) is 41.2 Å². The molecule has 1 fully saturated rings. The van der Waals surface area contributed by atoms with E-state index in [1.807, 2.05) is 15.9 Å². The van der Waals surface area contributed by atoms with Crippen molar-refractivity contribution in [1.29, 1.82) is 0 Å². The van der Waals surface area contributed by atoms with E-state index in [1.54, 1.807) is 24.3 Å². The van der Waals surface area contributed by atoms with Crippen LogP contribution in [0, 0.1) is 0 Å². The number of likely N-dealkylation sites (tertiary alicyclic amines) is 1. The first kappa shape index (κ1) is 17.8. The average molecular weight is 362 g/mol. The predicted octanol–water partition coefficient (Wildman–Crippen LogP) is 3.90. The molecule has 140 valence electrons. The number of nitrogens with zero attached hydrogens (tertiary/aromatic N) is 2. The van der Waals surface area contributed by atoms with Crippen LogP contribution in [0.4, 0.5) is 0 Å². The van der Waals surface area contributed by atoms with Crippen LogP contribution in [0.5, 0.6) is 0 Å². The zero-order valence-electron chi connectivity index (χ0n) is 15.7. The van der Waals surface area contributed by atoms with Crippen LogP contribution in [0.2, 0.25) is 0 Å². The first-order valence-corrected chi connectivity index (χ1v) is 9.98.